The number of rotatable bonds is 4. The topological polar surface area (TPSA) is 80.1 Å². The Morgan fingerprint density at radius 1 is 1.21 bits per heavy atom. The van der Waals surface area contributed by atoms with Gasteiger partial charge < -0.3 is 10.6 Å². The number of anilines is 3. The highest BCUT2D eigenvalue weighted by molar-refractivity contribution is 5.62. The number of aryl methyl sites for hydroxylation is 1. The summed E-state index contributed by atoms with van der Waals surface area (Å²) >= 11 is 0. The van der Waals surface area contributed by atoms with Gasteiger partial charge in [-0.1, -0.05) is 12.1 Å². The van der Waals surface area contributed by atoms with Crippen molar-refractivity contribution in [1.82, 2.24) is 4.98 Å². The van der Waals surface area contributed by atoms with E-state index >= 15 is 0 Å². The summed E-state index contributed by atoms with van der Waals surface area (Å²) in [5.41, 5.74) is 1.94. The van der Waals surface area contributed by atoms with Crippen LogP contribution in [-0.2, 0) is 0 Å². The van der Waals surface area contributed by atoms with Gasteiger partial charge >= 0.3 is 0 Å². The molecule has 0 radical (unpaired) electrons. The van der Waals surface area contributed by atoms with Crippen LogP contribution in [0.1, 0.15) is 5.56 Å². The Bertz CT molecular complexity index is 613. The molecule has 0 fully saturated rings. The number of aromatic nitrogens is 1. The fraction of sp³-hybridized carbons (Fsp3) is 0.154. The maximum absolute atomic E-state index is 10.9. The highest BCUT2D eigenvalue weighted by atomic mass is 16.6. The van der Waals surface area contributed by atoms with Crippen molar-refractivity contribution in [1.29, 1.82) is 0 Å². The number of hydrogen-bond acceptors (Lipinski definition) is 5. The number of nitro groups is 1. The standard InChI is InChI=1S/C13H14N4O2/c1-9-4-3-5-10(6-9)15-13-8-11(17(18)19)7-12(14-2)16-13/h3-8H,1-2H3,(H2,14,15,16). The molecular formula is C13H14N4O2. The predicted octanol–water partition coefficient (Wildman–Crippen LogP) is 3.08. The summed E-state index contributed by atoms with van der Waals surface area (Å²) in [6.07, 6.45) is 0. The first-order valence-electron chi connectivity index (χ1n) is 5.76. The third-order valence-corrected chi connectivity index (χ3v) is 2.57. The van der Waals surface area contributed by atoms with E-state index in [2.05, 4.69) is 15.6 Å². The van der Waals surface area contributed by atoms with Crippen molar-refractivity contribution in [3.05, 3.63) is 52.1 Å². The second-order valence-electron chi connectivity index (χ2n) is 4.10. The van der Waals surface area contributed by atoms with Gasteiger partial charge in [0.25, 0.3) is 5.69 Å². The fourth-order valence-electron chi connectivity index (χ4n) is 1.68. The van der Waals surface area contributed by atoms with E-state index in [1.807, 2.05) is 31.2 Å². The molecule has 6 nitrogen and oxygen atoms in total. The fourth-order valence-corrected chi connectivity index (χ4v) is 1.68. The van der Waals surface area contributed by atoms with Crippen LogP contribution in [0.5, 0.6) is 0 Å². The van der Waals surface area contributed by atoms with E-state index in [9.17, 15) is 10.1 Å². The Kier molecular flexibility index (Phi) is 3.61. The third-order valence-electron chi connectivity index (χ3n) is 2.57. The van der Waals surface area contributed by atoms with Crippen molar-refractivity contribution < 1.29 is 4.92 Å². The van der Waals surface area contributed by atoms with E-state index < -0.39 is 4.92 Å². The second-order valence-corrected chi connectivity index (χ2v) is 4.10. The molecule has 2 rings (SSSR count). The molecule has 1 aromatic heterocycles. The summed E-state index contributed by atoms with van der Waals surface area (Å²) in [5.74, 6) is 0.883. The lowest BCUT2D eigenvalue weighted by molar-refractivity contribution is -0.384. The highest BCUT2D eigenvalue weighted by Gasteiger charge is 2.10. The molecule has 0 bridgehead atoms. The molecule has 0 aliphatic carbocycles. The maximum Gasteiger partial charge on any atom is 0.276 e. The van der Waals surface area contributed by atoms with E-state index in [0.29, 0.717) is 11.6 Å². The average Bonchev–Trinajstić information content (AvgIpc) is 2.38. The molecule has 1 aromatic carbocycles. The molecule has 0 unspecified atom stereocenters. The average molecular weight is 258 g/mol. The van der Waals surface area contributed by atoms with Crippen LogP contribution in [0.4, 0.5) is 23.0 Å². The summed E-state index contributed by atoms with van der Waals surface area (Å²) in [5, 5.41) is 16.7. The van der Waals surface area contributed by atoms with E-state index in [4.69, 9.17) is 0 Å². The van der Waals surface area contributed by atoms with Gasteiger partial charge in [-0.05, 0) is 24.6 Å². The summed E-state index contributed by atoms with van der Waals surface area (Å²) in [7, 11) is 1.67. The Morgan fingerprint density at radius 2 is 1.95 bits per heavy atom. The van der Waals surface area contributed by atoms with Gasteiger partial charge in [0.1, 0.15) is 11.6 Å². The SMILES string of the molecule is CNc1cc([N+](=O)[O-])cc(Nc2cccc(C)c2)n1. The van der Waals surface area contributed by atoms with Crippen molar-refractivity contribution in [3.8, 4) is 0 Å². The first-order valence-corrected chi connectivity index (χ1v) is 5.76. The van der Waals surface area contributed by atoms with Gasteiger partial charge in [0.05, 0.1) is 17.1 Å². The van der Waals surface area contributed by atoms with E-state index in [-0.39, 0.29) is 5.69 Å². The lowest BCUT2D eigenvalue weighted by Gasteiger charge is -2.08. The predicted molar refractivity (Wildman–Crippen MR) is 74.9 cm³/mol. The van der Waals surface area contributed by atoms with Crippen LogP contribution in [0.3, 0.4) is 0 Å². The van der Waals surface area contributed by atoms with Crippen molar-refractivity contribution in [3.63, 3.8) is 0 Å². The van der Waals surface area contributed by atoms with E-state index in [1.54, 1.807) is 7.05 Å². The lowest BCUT2D eigenvalue weighted by Crippen LogP contribution is -2.00. The lowest BCUT2D eigenvalue weighted by atomic mass is 10.2. The van der Waals surface area contributed by atoms with Gasteiger partial charge in [-0.2, -0.15) is 0 Å². The monoisotopic (exact) mass is 258 g/mol. The molecule has 6 heteroatoms. The van der Waals surface area contributed by atoms with Crippen LogP contribution in [0.15, 0.2) is 36.4 Å². The smallest absolute Gasteiger partial charge is 0.276 e. The molecule has 0 aliphatic rings. The van der Waals surface area contributed by atoms with Crippen LogP contribution < -0.4 is 10.6 Å². The summed E-state index contributed by atoms with van der Waals surface area (Å²) < 4.78 is 0. The first kappa shape index (κ1) is 12.8. The molecule has 0 saturated heterocycles. The number of benzene rings is 1. The van der Waals surface area contributed by atoms with Crippen LogP contribution in [0.25, 0.3) is 0 Å². The molecule has 0 aliphatic heterocycles. The van der Waals surface area contributed by atoms with Crippen molar-refractivity contribution in [2.45, 2.75) is 6.92 Å². The molecule has 0 atom stereocenters. The molecular weight excluding hydrogens is 244 g/mol. The molecule has 2 aromatic rings. The Morgan fingerprint density at radius 3 is 2.58 bits per heavy atom. The number of nitrogens with zero attached hydrogens (tertiary/aromatic N) is 2. The molecule has 0 saturated carbocycles. The second kappa shape index (κ2) is 5.34. The van der Waals surface area contributed by atoms with Crippen molar-refractivity contribution in [2.24, 2.45) is 0 Å². The highest BCUT2D eigenvalue weighted by Crippen LogP contribution is 2.23. The largest absolute Gasteiger partial charge is 0.373 e. The number of pyridine rings is 1. The van der Waals surface area contributed by atoms with E-state index in [1.165, 1.54) is 12.1 Å². The number of nitrogens with one attached hydrogen (secondary N) is 2. The van der Waals surface area contributed by atoms with E-state index in [0.717, 1.165) is 11.3 Å². The maximum atomic E-state index is 10.9. The summed E-state index contributed by atoms with van der Waals surface area (Å²) in [6, 6.07) is 10.5. The minimum atomic E-state index is -0.441. The van der Waals surface area contributed by atoms with Gasteiger partial charge in [-0.25, -0.2) is 4.98 Å². The van der Waals surface area contributed by atoms with Gasteiger partial charge in [-0.3, -0.25) is 10.1 Å². The van der Waals surface area contributed by atoms with Crippen LogP contribution in [-0.4, -0.2) is 17.0 Å². The Hall–Kier alpha value is -2.63. The quantitative estimate of drug-likeness (QED) is 0.650. The van der Waals surface area contributed by atoms with Crippen molar-refractivity contribution >= 4 is 23.0 Å². The minimum absolute atomic E-state index is 0.00509. The normalized spacial score (nSPS) is 10.0. The molecule has 2 N–H and O–H groups in total. The van der Waals surface area contributed by atoms with Gasteiger partial charge in [-0.15, -0.1) is 0 Å². The summed E-state index contributed by atoms with van der Waals surface area (Å²) in [4.78, 5) is 14.6. The van der Waals surface area contributed by atoms with Gasteiger partial charge in [0.2, 0.25) is 0 Å². The van der Waals surface area contributed by atoms with Gasteiger partial charge in [0, 0.05) is 12.7 Å². The zero-order chi connectivity index (χ0) is 13.8. The molecule has 1 heterocycles. The Labute approximate surface area is 110 Å². The zero-order valence-corrected chi connectivity index (χ0v) is 10.7. The third kappa shape index (κ3) is 3.19. The minimum Gasteiger partial charge on any atom is -0.373 e. The molecule has 19 heavy (non-hydrogen) atoms. The number of hydrogen-bond donors (Lipinski definition) is 2. The van der Waals surface area contributed by atoms with Crippen LogP contribution >= 0.6 is 0 Å². The molecule has 0 spiro atoms. The van der Waals surface area contributed by atoms with Crippen LogP contribution in [0.2, 0.25) is 0 Å². The molecule has 98 valence electrons. The molecule has 0 amide bonds. The van der Waals surface area contributed by atoms with Crippen LogP contribution in [0, 0.1) is 17.0 Å². The first-order chi connectivity index (χ1) is 9.08. The van der Waals surface area contributed by atoms with Gasteiger partial charge in [0.15, 0.2) is 0 Å². The summed E-state index contributed by atoms with van der Waals surface area (Å²) in [6.45, 7) is 1.98. The zero-order valence-electron chi connectivity index (χ0n) is 10.7. The van der Waals surface area contributed by atoms with Crippen molar-refractivity contribution in [2.75, 3.05) is 17.7 Å². The Balaban J connectivity index is 2.34.